The second kappa shape index (κ2) is 13.1. The zero-order chi connectivity index (χ0) is 31.7. The summed E-state index contributed by atoms with van der Waals surface area (Å²) in [5.74, 6) is -0.696. The van der Waals surface area contributed by atoms with E-state index in [2.05, 4.69) is 10.2 Å². The molecule has 1 aliphatic heterocycles. The Bertz CT molecular complexity index is 1960. The molecule has 3 aromatic carbocycles. The van der Waals surface area contributed by atoms with Crippen LogP contribution in [0.3, 0.4) is 0 Å². The van der Waals surface area contributed by atoms with Gasteiger partial charge < -0.3 is 19.0 Å². The predicted molar refractivity (Wildman–Crippen MR) is 175 cm³/mol. The molecule has 2 aromatic heterocycles. The molecule has 1 amide bonds. The molecule has 0 saturated carbocycles. The van der Waals surface area contributed by atoms with Gasteiger partial charge in [-0.1, -0.05) is 83.6 Å². The van der Waals surface area contributed by atoms with Gasteiger partial charge in [-0.3, -0.25) is 14.5 Å². The minimum Gasteiger partial charge on any atom is -0.503 e. The fraction of sp³-hybridized carbons (Fsp3) is 0.188. The van der Waals surface area contributed by atoms with Crippen LogP contribution in [0.4, 0.5) is 5.13 Å². The number of hydrogen-bond acceptors (Lipinski definition) is 10. The van der Waals surface area contributed by atoms with E-state index in [0.29, 0.717) is 54.8 Å². The monoisotopic (exact) mass is 681 g/mol. The van der Waals surface area contributed by atoms with Crippen molar-refractivity contribution in [1.29, 1.82) is 0 Å². The van der Waals surface area contributed by atoms with Crippen LogP contribution < -0.4 is 14.4 Å². The lowest BCUT2D eigenvalue weighted by Crippen LogP contribution is -2.31. The van der Waals surface area contributed by atoms with Gasteiger partial charge in [-0.15, -0.1) is 10.2 Å². The molecule has 5 aromatic rings. The van der Waals surface area contributed by atoms with Crippen molar-refractivity contribution >= 4 is 74.1 Å². The molecule has 0 saturated heterocycles. The Morgan fingerprint density at radius 2 is 1.93 bits per heavy atom. The van der Waals surface area contributed by atoms with Crippen LogP contribution in [0, 0.1) is 0 Å². The normalized spacial score (nSPS) is 14.9. The smallest absolute Gasteiger partial charge is 0.296 e. The first-order chi connectivity index (χ1) is 21.8. The van der Waals surface area contributed by atoms with Gasteiger partial charge in [-0.2, -0.15) is 0 Å². The molecule has 0 aliphatic carbocycles. The van der Waals surface area contributed by atoms with Gasteiger partial charge in [0.25, 0.3) is 5.91 Å². The SMILES string of the molecule is CCCOc1cccc(C2C(C(=O)c3cc4cccc(OC)c4o3)=C(O)C(=O)N2c2nnc(SCc3ccc(Cl)cc3Cl)s2)c1. The molecule has 0 spiro atoms. The topological polar surface area (TPSA) is 115 Å². The van der Waals surface area contributed by atoms with Crippen molar-refractivity contribution in [1.82, 2.24) is 10.2 Å². The highest BCUT2D eigenvalue weighted by atomic mass is 35.5. The maximum atomic E-state index is 14.1. The van der Waals surface area contributed by atoms with E-state index in [1.807, 2.05) is 13.0 Å². The third kappa shape index (κ3) is 6.13. The summed E-state index contributed by atoms with van der Waals surface area (Å²) < 4.78 is 17.7. The number of benzene rings is 3. The Hall–Kier alpha value is -4.03. The molecule has 1 aliphatic rings. The van der Waals surface area contributed by atoms with Crippen LogP contribution in [0.5, 0.6) is 11.5 Å². The minimum atomic E-state index is -1.04. The number of Topliss-reactive ketones (excluding diaryl/α,β-unsaturated/α-hetero) is 1. The summed E-state index contributed by atoms with van der Waals surface area (Å²) >= 11 is 14.9. The molecule has 1 atom stereocenters. The van der Waals surface area contributed by atoms with E-state index < -0.39 is 23.5 Å². The number of aromatic nitrogens is 2. The Kier molecular flexibility index (Phi) is 9.04. The first-order valence-corrected chi connectivity index (χ1v) is 16.4. The van der Waals surface area contributed by atoms with E-state index >= 15 is 0 Å². The molecule has 45 heavy (non-hydrogen) atoms. The summed E-state index contributed by atoms with van der Waals surface area (Å²) in [6.45, 7) is 2.48. The first kappa shape index (κ1) is 31.0. The molecular formula is C32H25Cl2N3O6S2. The van der Waals surface area contributed by atoms with E-state index in [9.17, 15) is 14.7 Å². The fourth-order valence-corrected chi connectivity index (χ4v) is 7.35. The van der Waals surface area contributed by atoms with Gasteiger partial charge in [0, 0.05) is 21.2 Å². The Balaban J connectivity index is 1.38. The summed E-state index contributed by atoms with van der Waals surface area (Å²) in [6.07, 6.45) is 0.796. The lowest BCUT2D eigenvalue weighted by Gasteiger charge is -2.24. The molecule has 1 unspecified atom stereocenters. The van der Waals surface area contributed by atoms with Gasteiger partial charge in [0.15, 0.2) is 27.2 Å². The summed E-state index contributed by atoms with van der Waals surface area (Å²) in [4.78, 5) is 29.1. The van der Waals surface area contributed by atoms with Crippen LogP contribution in [0.2, 0.25) is 10.0 Å². The molecule has 0 fully saturated rings. The van der Waals surface area contributed by atoms with Gasteiger partial charge in [0.1, 0.15) is 5.75 Å². The molecular weight excluding hydrogens is 657 g/mol. The zero-order valence-corrected chi connectivity index (χ0v) is 27.1. The average molecular weight is 683 g/mol. The summed E-state index contributed by atoms with van der Waals surface area (Å²) in [5, 5.41) is 21.7. The number of hydrogen-bond donors (Lipinski definition) is 1. The molecule has 3 heterocycles. The molecule has 9 nitrogen and oxygen atoms in total. The quantitative estimate of drug-likeness (QED) is 0.0832. The maximum absolute atomic E-state index is 14.1. The number of aliphatic hydroxyl groups excluding tert-OH is 1. The van der Waals surface area contributed by atoms with Crippen molar-refractivity contribution in [3.8, 4) is 11.5 Å². The van der Waals surface area contributed by atoms with Gasteiger partial charge in [0.05, 0.1) is 25.3 Å². The van der Waals surface area contributed by atoms with Crippen LogP contribution in [-0.2, 0) is 10.5 Å². The highest BCUT2D eigenvalue weighted by Crippen LogP contribution is 2.45. The number of aliphatic hydroxyl groups is 1. The van der Waals surface area contributed by atoms with Crippen LogP contribution >= 0.6 is 46.3 Å². The molecule has 1 N–H and O–H groups in total. The highest BCUT2D eigenvalue weighted by molar-refractivity contribution is 8.00. The van der Waals surface area contributed by atoms with Crippen LogP contribution in [0.15, 0.2) is 86.8 Å². The summed E-state index contributed by atoms with van der Waals surface area (Å²) in [6, 6.07) is 18.1. The zero-order valence-electron chi connectivity index (χ0n) is 24.0. The molecule has 0 radical (unpaired) electrons. The Labute approximate surface area is 276 Å². The standard InChI is InChI=1S/C32H25Cl2N3O6S2/c1-3-12-42-21-8-4-6-17(13-21)26-25(27(38)24-14-18-7-5-9-23(41-2)29(18)43-24)28(39)30(40)37(26)31-35-36-32(45-31)44-16-19-10-11-20(33)15-22(19)34/h4-11,13-15,26,39H,3,12,16H2,1-2H3. The Morgan fingerprint density at radius 3 is 2.71 bits per heavy atom. The fourth-order valence-electron chi connectivity index (χ4n) is 4.92. The van der Waals surface area contributed by atoms with E-state index in [1.54, 1.807) is 60.7 Å². The third-order valence-electron chi connectivity index (χ3n) is 7.02. The van der Waals surface area contributed by atoms with Crippen LogP contribution in [0.1, 0.15) is 41.1 Å². The minimum absolute atomic E-state index is 0.0533. The van der Waals surface area contributed by atoms with Crippen molar-refractivity contribution < 1.29 is 28.6 Å². The average Bonchev–Trinajstić information content (AvgIpc) is 3.76. The number of carbonyl (C=O) groups is 2. The number of rotatable bonds is 11. The number of furan rings is 1. The number of ether oxygens (including phenoxy) is 2. The summed E-state index contributed by atoms with van der Waals surface area (Å²) in [5.41, 5.74) is 1.62. The highest BCUT2D eigenvalue weighted by Gasteiger charge is 2.47. The van der Waals surface area contributed by atoms with Crippen LogP contribution in [0.25, 0.3) is 11.0 Å². The number of anilines is 1. The van der Waals surface area contributed by atoms with E-state index in [1.165, 1.54) is 23.8 Å². The van der Waals surface area contributed by atoms with Crippen molar-refractivity contribution in [2.24, 2.45) is 0 Å². The lowest BCUT2D eigenvalue weighted by atomic mass is 9.95. The van der Waals surface area contributed by atoms with Crippen LogP contribution in [-0.4, -0.2) is 40.7 Å². The number of nitrogens with zero attached hydrogens (tertiary/aromatic N) is 3. The van der Waals surface area contributed by atoms with Crippen molar-refractivity contribution in [3.63, 3.8) is 0 Å². The van der Waals surface area contributed by atoms with E-state index in [0.717, 1.165) is 23.3 Å². The number of carbonyl (C=O) groups excluding carboxylic acids is 2. The number of thioether (sulfide) groups is 1. The first-order valence-electron chi connectivity index (χ1n) is 13.8. The van der Waals surface area contributed by atoms with Gasteiger partial charge in [0.2, 0.25) is 10.9 Å². The second-order valence-electron chi connectivity index (χ2n) is 9.95. The largest absolute Gasteiger partial charge is 0.503 e. The third-order valence-corrected chi connectivity index (χ3v) is 9.71. The van der Waals surface area contributed by atoms with E-state index in [-0.39, 0.29) is 16.5 Å². The molecule has 6 rings (SSSR count). The Morgan fingerprint density at radius 1 is 1.11 bits per heavy atom. The number of halogens is 2. The number of fused-ring (bicyclic) bond motifs is 1. The second-order valence-corrected chi connectivity index (χ2v) is 13.0. The molecule has 230 valence electrons. The lowest BCUT2D eigenvalue weighted by molar-refractivity contribution is -0.117. The van der Waals surface area contributed by atoms with Crippen molar-refractivity contribution in [2.45, 2.75) is 29.5 Å². The maximum Gasteiger partial charge on any atom is 0.296 e. The van der Waals surface area contributed by atoms with Crippen molar-refractivity contribution in [2.75, 3.05) is 18.6 Å². The van der Waals surface area contributed by atoms with Gasteiger partial charge >= 0.3 is 0 Å². The van der Waals surface area contributed by atoms with Crippen molar-refractivity contribution in [3.05, 3.63) is 105 Å². The molecule has 13 heteroatoms. The number of ketones is 1. The van der Waals surface area contributed by atoms with E-state index in [4.69, 9.17) is 37.1 Å². The number of para-hydroxylation sites is 1. The number of methoxy groups -OCH3 is 1. The predicted octanol–water partition coefficient (Wildman–Crippen LogP) is 8.46. The summed E-state index contributed by atoms with van der Waals surface area (Å²) in [7, 11) is 1.50. The molecule has 0 bridgehead atoms. The van der Waals surface area contributed by atoms with Gasteiger partial charge in [-0.05, 0) is 53.9 Å². The van der Waals surface area contributed by atoms with Gasteiger partial charge in [-0.25, -0.2) is 0 Å². The number of amides is 1.